The Balaban J connectivity index is 4.52. The van der Waals surface area contributed by atoms with Gasteiger partial charge in [0.1, 0.15) is 6.04 Å². The van der Waals surface area contributed by atoms with Crippen molar-refractivity contribution in [1.29, 1.82) is 0 Å². The number of likely N-dealkylation sites (N-methyl/N-ethyl adjacent to an activating group) is 1. The number of carboxylic acids is 1. The summed E-state index contributed by atoms with van der Waals surface area (Å²) in [6.07, 6.45) is 0.419. The Morgan fingerprint density at radius 2 is 1.65 bits per heavy atom. The van der Waals surface area contributed by atoms with Crippen LogP contribution in [0.3, 0.4) is 0 Å². The largest absolute Gasteiger partial charge is 0.480 e. The van der Waals surface area contributed by atoms with Gasteiger partial charge in [-0.1, -0.05) is 27.7 Å². The zero-order valence-corrected chi connectivity index (χ0v) is 13.4. The van der Waals surface area contributed by atoms with Crippen molar-refractivity contribution in [2.24, 2.45) is 11.8 Å². The molecule has 0 rings (SSSR count). The molecule has 0 aromatic heterocycles. The van der Waals surface area contributed by atoms with Crippen molar-refractivity contribution < 1.29 is 14.7 Å². The summed E-state index contributed by atoms with van der Waals surface area (Å²) in [5, 5.41) is 14.5. The van der Waals surface area contributed by atoms with Crippen LogP contribution in [0.15, 0.2) is 0 Å². The predicted molar refractivity (Wildman–Crippen MR) is 79.7 cm³/mol. The van der Waals surface area contributed by atoms with Crippen molar-refractivity contribution in [2.75, 3.05) is 20.6 Å². The number of nitrogens with one attached hydrogen (secondary N) is 2. The lowest BCUT2D eigenvalue weighted by Crippen LogP contribution is -2.52. The molecule has 0 aliphatic heterocycles. The lowest BCUT2D eigenvalue weighted by Gasteiger charge is -2.26. The Kier molecular flexibility index (Phi) is 8.22. The van der Waals surface area contributed by atoms with Crippen molar-refractivity contribution in [1.82, 2.24) is 15.5 Å². The predicted octanol–water partition coefficient (Wildman–Crippen LogP) is 1.37. The first kappa shape index (κ1) is 18.7. The van der Waals surface area contributed by atoms with E-state index in [1.54, 1.807) is 0 Å². The summed E-state index contributed by atoms with van der Waals surface area (Å²) in [4.78, 5) is 25.0. The molecule has 1 unspecified atom stereocenters. The smallest absolute Gasteiger partial charge is 0.326 e. The Bertz CT molecular complexity index is 317. The van der Waals surface area contributed by atoms with Crippen LogP contribution in [0.1, 0.15) is 34.1 Å². The summed E-state index contributed by atoms with van der Waals surface area (Å²) >= 11 is 0. The van der Waals surface area contributed by atoms with Gasteiger partial charge >= 0.3 is 12.0 Å². The Hall–Kier alpha value is -1.30. The van der Waals surface area contributed by atoms with Gasteiger partial charge in [-0.05, 0) is 32.4 Å². The molecule has 6 heteroatoms. The molecule has 118 valence electrons. The van der Waals surface area contributed by atoms with Gasteiger partial charge in [-0.15, -0.1) is 0 Å². The third kappa shape index (κ3) is 7.99. The summed E-state index contributed by atoms with van der Waals surface area (Å²) in [6.45, 7) is 8.62. The van der Waals surface area contributed by atoms with Crippen LogP contribution in [0.2, 0.25) is 0 Å². The molecular weight excluding hydrogens is 258 g/mol. The average molecular weight is 287 g/mol. The van der Waals surface area contributed by atoms with E-state index in [2.05, 4.69) is 10.6 Å². The second-order valence-electron chi connectivity index (χ2n) is 6.25. The lowest BCUT2D eigenvalue weighted by molar-refractivity contribution is -0.139. The zero-order chi connectivity index (χ0) is 15.9. The number of carbonyl (C=O) groups is 2. The van der Waals surface area contributed by atoms with Gasteiger partial charge in [-0.3, -0.25) is 0 Å². The molecule has 0 aliphatic rings. The number of nitrogens with zero attached hydrogens (tertiary/aromatic N) is 1. The van der Waals surface area contributed by atoms with Crippen LogP contribution >= 0.6 is 0 Å². The highest BCUT2D eigenvalue weighted by molar-refractivity contribution is 5.82. The van der Waals surface area contributed by atoms with Gasteiger partial charge in [0.05, 0.1) is 0 Å². The summed E-state index contributed by atoms with van der Waals surface area (Å²) in [5.74, 6) is -0.516. The van der Waals surface area contributed by atoms with E-state index >= 15 is 0 Å². The number of aliphatic carboxylic acids is 1. The third-order valence-electron chi connectivity index (χ3n) is 2.99. The molecule has 0 spiro atoms. The third-order valence-corrected chi connectivity index (χ3v) is 2.99. The summed E-state index contributed by atoms with van der Waals surface area (Å²) in [7, 11) is 3.88. The van der Waals surface area contributed by atoms with Crippen molar-refractivity contribution in [2.45, 2.75) is 46.2 Å². The molecule has 6 nitrogen and oxygen atoms in total. The van der Waals surface area contributed by atoms with E-state index in [0.29, 0.717) is 13.0 Å². The average Bonchev–Trinajstić information content (AvgIpc) is 2.25. The van der Waals surface area contributed by atoms with Crippen LogP contribution in [0.4, 0.5) is 4.79 Å². The van der Waals surface area contributed by atoms with Crippen LogP contribution in [0.5, 0.6) is 0 Å². The highest BCUT2D eigenvalue weighted by atomic mass is 16.4. The molecule has 0 aliphatic carbocycles. The van der Waals surface area contributed by atoms with Crippen LogP contribution in [-0.4, -0.2) is 54.7 Å². The topological polar surface area (TPSA) is 81.7 Å². The number of carboxylic acid groups (broad SMARTS) is 1. The molecular formula is C14H29N3O3. The molecule has 0 fully saturated rings. The second-order valence-corrected chi connectivity index (χ2v) is 6.25. The Morgan fingerprint density at radius 1 is 1.10 bits per heavy atom. The maximum absolute atomic E-state index is 11.9. The van der Waals surface area contributed by atoms with E-state index in [4.69, 9.17) is 5.11 Å². The van der Waals surface area contributed by atoms with Gasteiger partial charge in [0.15, 0.2) is 0 Å². The van der Waals surface area contributed by atoms with Crippen molar-refractivity contribution in [3.05, 3.63) is 0 Å². The van der Waals surface area contributed by atoms with Gasteiger partial charge < -0.3 is 20.6 Å². The number of hydrogen-bond donors (Lipinski definition) is 3. The fourth-order valence-corrected chi connectivity index (χ4v) is 1.88. The molecule has 0 aromatic rings. The SMILES string of the molecule is CC(C)C[C@@H](NC(=O)NC(CN(C)C)C(C)C)C(=O)O. The standard InChI is InChI=1S/C14H29N3O3/c1-9(2)7-11(13(18)19)15-14(20)16-12(10(3)4)8-17(5)6/h9-12H,7-8H2,1-6H3,(H,18,19)(H2,15,16,20)/t11-,12?/m1/s1. The molecule has 0 saturated heterocycles. The van der Waals surface area contributed by atoms with Gasteiger partial charge in [0, 0.05) is 12.6 Å². The summed E-state index contributed by atoms with van der Waals surface area (Å²) < 4.78 is 0. The fourth-order valence-electron chi connectivity index (χ4n) is 1.88. The molecule has 0 radical (unpaired) electrons. The van der Waals surface area contributed by atoms with E-state index in [9.17, 15) is 9.59 Å². The lowest BCUT2D eigenvalue weighted by atomic mass is 10.0. The molecule has 0 aromatic carbocycles. The molecule has 0 heterocycles. The van der Waals surface area contributed by atoms with Gasteiger partial charge in [0.2, 0.25) is 0 Å². The molecule has 20 heavy (non-hydrogen) atoms. The summed E-state index contributed by atoms with van der Waals surface area (Å²) in [6, 6.07) is -1.28. The van der Waals surface area contributed by atoms with Gasteiger partial charge in [0.25, 0.3) is 0 Å². The molecule has 0 bridgehead atoms. The molecule has 2 amide bonds. The highest BCUT2D eigenvalue weighted by Gasteiger charge is 2.23. The van der Waals surface area contributed by atoms with Gasteiger partial charge in [-0.25, -0.2) is 9.59 Å². The quantitative estimate of drug-likeness (QED) is 0.630. The van der Waals surface area contributed by atoms with Gasteiger partial charge in [-0.2, -0.15) is 0 Å². The highest BCUT2D eigenvalue weighted by Crippen LogP contribution is 2.06. The van der Waals surface area contributed by atoms with Crippen LogP contribution in [0.25, 0.3) is 0 Å². The maximum atomic E-state index is 11.9. The van der Waals surface area contributed by atoms with Crippen molar-refractivity contribution >= 4 is 12.0 Å². The van der Waals surface area contributed by atoms with E-state index < -0.39 is 18.0 Å². The first-order valence-corrected chi connectivity index (χ1v) is 7.08. The maximum Gasteiger partial charge on any atom is 0.326 e. The zero-order valence-electron chi connectivity index (χ0n) is 13.4. The minimum absolute atomic E-state index is 0.0153. The summed E-state index contributed by atoms with van der Waals surface area (Å²) in [5.41, 5.74) is 0. The van der Waals surface area contributed by atoms with E-state index in [1.165, 1.54) is 0 Å². The fraction of sp³-hybridized carbons (Fsp3) is 0.857. The van der Waals surface area contributed by atoms with Crippen LogP contribution in [-0.2, 0) is 4.79 Å². The first-order valence-electron chi connectivity index (χ1n) is 7.08. The second kappa shape index (κ2) is 8.79. The Labute approximate surface area is 121 Å². The molecule has 2 atom stereocenters. The number of urea groups is 1. The van der Waals surface area contributed by atoms with E-state index in [0.717, 1.165) is 0 Å². The minimum Gasteiger partial charge on any atom is -0.480 e. The molecule has 3 N–H and O–H groups in total. The van der Waals surface area contributed by atoms with Crippen LogP contribution < -0.4 is 10.6 Å². The molecule has 0 saturated carbocycles. The van der Waals surface area contributed by atoms with Crippen molar-refractivity contribution in [3.8, 4) is 0 Å². The number of hydrogen-bond acceptors (Lipinski definition) is 3. The normalized spacial score (nSPS) is 14.4. The monoisotopic (exact) mass is 287 g/mol. The van der Waals surface area contributed by atoms with Crippen molar-refractivity contribution in [3.63, 3.8) is 0 Å². The number of amides is 2. The first-order chi connectivity index (χ1) is 9.13. The van der Waals surface area contributed by atoms with E-state index in [-0.39, 0.29) is 17.9 Å². The van der Waals surface area contributed by atoms with Crippen LogP contribution in [0, 0.1) is 11.8 Å². The Morgan fingerprint density at radius 3 is 2.00 bits per heavy atom. The number of carbonyl (C=O) groups excluding carboxylic acids is 1. The number of rotatable bonds is 8. The minimum atomic E-state index is -0.998. The van der Waals surface area contributed by atoms with E-state index in [1.807, 2.05) is 46.7 Å².